The maximum atomic E-state index is 13.4. The Bertz CT molecular complexity index is 1240. The molecule has 2 heterocycles. The molecule has 0 aromatic heterocycles. The summed E-state index contributed by atoms with van der Waals surface area (Å²) in [7, 11) is 5.37. The number of methoxy groups -OCH3 is 1. The zero-order valence-electron chi connectivity index (χ0n) is 22.9. The van der Waals surface area contributed by atoms with Gasteiger partial charge in [-0.3, -0.25) is 4.99 Å². The van der Waals surface area contributed by atoms with Crippen molar-refractivity contribution in [1.29, 1.82) is 0 Å². The van der Waals surface area contributed by atoms with Gasteiger partial charge in [-0.25, -0.2) is 0 Å². The van der Waals surface area contributed by atoms with E-state index in [-0.39, 0.29) is 24.4 Å². The Kier molecular flexibility index (Phi) is 8.04. The van der Waals surface area contributed by atoms with E-state index in [1.165, 1.54) is 0 Å². The summed E-state index contributed by atoms with van der Waals surface area (Å²) in [6, 6.07) is 18.0. The molecule has 1 saturated carbocycles. The summed E-state index contributed by atoms with van der Waals surface area (Å²) in [6.07, 6.45) is 1.61. The Morgan fingerprint density at radius 1 is 1.15 bits per heavy atom. The van der Waals surface area contributed by atoms with E-state index in [1.807, 2.05) is 42.5 Å². The second-order valence-electron chi connectivity index (χ2n) is 10.8. The summed E-state index contributed by atoms with van der Waals surface area (Å²) in [4.78, 5) is 8.92. The number of ether oxygens (including phenoxy) is 2. The molecule has 2 saturated heterocycles. The van der Waals surface area contributed by atoms with Crippen LogP contribution in [0.5, 0.6) is 0 Å². The number of likely N-dealkylation sites (N-methyl/N-ethyl adjacent to an activating group) is 1. The smallest absolute Gasteiger partial charge is 0.174 e. The van der Waals surface area contributed by atoms with Crippen LogP contribution in [0.25, 0.3) is 0 Å². The van der Waals surface area contributed by atoms with Gasteiger partial charge in [-0.1, -0.05) is 65.0 Å². The SMILES string of the molecule is C=C1O[C@@]2(c3ccc(Br)cc3)[C@H](c3ccccc3)[C@@H](CO)[C@H](CN3CCN(C)CC3)[C@@]2(O)/C1=C(/C=N\C)OC. The minimum Gasteiger partial charge on any atom is -0.495 e. The number of aliphatic hydroxyl groups is 2. The molecule has 1 aliphatic carbocycles. The third-order valence-electron chi connectivity index (χ3n) is 8.84. The largest absolute Gasteiger partial charge is 0.495 e. The first-order chi connectivity index (χ1) is 18.8. The molecule has 0 unspecified atom stereocenters. The minimum absolute atomic E-state index is 0.105. The van der Waals surface area contributed by atoms with Crippen molar-refractivity contribution in [2.24, 2.45) is 16.8 Å². The van der Waals surface area contributed by atoms with Gasteiger partial charge in [0.1, 0.15) is 17.1 Å². The van der Waals surface area contributed by atoms with Gasteiger partial charge in [0.2, 0.25) is 0 Å². The Hall–Kier alpha value is -2.49. The molecule has 5 rings (SSSR count). The molecule has 0 radical (unpaired) electrons. The van der Waals surface area contributed by atoms with E-state index in [2.05, 4.69) is 56.5 Å². The molecule has 2 N–H and O–H groups in total. The molecule has 0 spiro atoms. The molecule has 2 aromatic rings. The van der Waals surface area contributed by atoms with Crippen molar-refractivity contribution < 1.29 is 19.7 Å². The number of aliphatic imine (C=N–C) groups is 1. The first-order valence-electron chi connectivity index (χ1n) is 13.5. The van der Waals surface area contributed by atoms with Gasteiger partial charge in [0.15, 0.2) is 5.60 Å². The minimum atomic E-state index is -1.57. The fraction of sp³-hybridized carbons (Fsp3) is 0.452. The molecule has 208 valence electrons. The van der Waals surface area contributed by atoms with Crippen LogP contribution in [-0.2, 0) is 15.1 Å². The van der Waals surface area contributed by atoms with Crippen molar-refractivity contribution in [3.8, 4) is 0 Å². The molecule has 8 heteroatoms. The van der Waals surface area contributed by atoms with Gasteiger partial charge in [0.25, 0.3) is 0 Å². The molecule has 39 heavy (non-hydrogen) atoms. The zero-order chi connectivity index (χ0) is 27.8. The quantitative estimate of drug-likeness (QED) is 0.375. The predicted octanol–water partition coefficient (Wildman–Crippen LogP) is 3.79. The van der Waals surface area contributed by atoms with Gasteiger partial charge in [0, 0.05) is 68.6 Å². The van der Waals surface area contributed by atoms with Crippen LogP contribution >= 0.6 is 15.9 Å². The third kappa shape index (κ3) is 4.46. The third-order valence-corrected chi connectivity index (χ3v) is 9.36. The van der Waals surface area contributed by atoms with E-state index in [4.69, 9.17) is 9.47 Å². The molecular weight excluding hydrogens is 558 g/mol. The Balaban J connectivity index is 1.81. The number of piperazine rings is 1. The normalized spacial score (nSPS) is 32.9. The topological polar surface area (TPSA) is 77.8 Å². The molecule has 3 aliphatic rings. The first-order valence-corrected chi connectivity index (χ1v) is 14.2. The van der Waals surface area contributed by atoms with Crippen LogP contribution in [0.15, 0.2) is 87.7 Å². The number of rotatable bonds is 7. The molecular formula is C31H38BrN3O4. The number of benzene rings is 2. The maximum absolute atomic E-state index is 13.4. The lowest BCUT2D eigenvalue weighted by atomic mass is 9.69. The highest BCUT2D eigenvalue weighted by Gasteiger charge is 2.77. The van der Waals surface area contributed by atoms with Gasteiger partial charge in [-0.05, 0) is 30.3 Å². The van der Waals surface area contributed by atoms with Crippen LogP contribution in [0.2, 0.25) is 0 Å². The standard InChI is InChI=1S/C31H38BrN3O4/c1-21-28(27(38-4)18-33-2)30(37)26(19-35-16-14-34(3)15-17-35)25(20-36)29(22-8-6-5-7-9-22)31(30,39-21)23-10-12-24(32)13-11-23/h5-13,18,25-26,29,36-37H,1,14-17,19-20H2,2-4H3/b28-27-,33-18-/t25-,26-,29+,30+,31-/m0/s1. The van der Waals surface area contributed by atoms with Crippen LogP contribution in [0.3, 0.4) is 0 Å². The molecule has 0 amide bonds. The number of hydrogen-bond acceptors (Lipinski definition) is 7. The lowest BCUT2D eigenvalue weighted by Crippen LogP contribution is -2.55. The summed E-state index contributed by atoms with van der Waals surface area (Å²) in [5.41, 5.74) is -0.508. The van der Waals surface area contributed by atoms with Gasteiger partial charge >= 0.3 is 0 Å². The van der Waals surface area contributed by atoms with Gasteiger partial charge in [0.05, 0.1) is 18.9 Å². The van der Waals surface area contributed by atoms with Crippen LogP contribution in [0.1, 0.15) is 17.0 Å². The number of hydrogen-bond donors (Lipinski definition) is 2. The van der Waals surface area contributed by atoms with Gasteiger partial charge in [-0.15, -0.1) is 0 Å². The van der Waals surface area contributed by atoms with E-state index >= 15 is 0 Å². The van der Waals surface area contributed by atoms with E-state index in [0.717, 1.165) is 41.8 Å². The molecule has 7 nitrogen and oxygen atoms in total. The number of aliphatic hydroxyl groups excluding tert-OH is 1. The lowest BCUT2D eigenvalue weighted by molar-refractivity contribution is -0.115. The second-order valence-corrected chi connectivity index (χ2v) is 11.7. The first kappa shape index (κ1) is 28.1. The fourth-order valence-corrected chi connectivity index (χ4v) is 7.36. The average molecular weight is 597 g/mol. The number of nitrogens with zero attached hydrogens (tertiary/aromatic N) is 3. The van der Waals surface area contributed by atoms with E-state index in [9.17, 15) is 10.2 Å². The average Bonchev–Trinajstić information content (AvgIpc) is 3.30. The van der Waals surface area contributed by atoms with Crippen molar-refractivity contribution in [3.63, 3.8) is 0 Å². The van der Waals surface area contributed by atoms with Crippen LogP contribution in [-0.4, -0.2) is 92.4 Å². The van der Waals surface area contributed by atoms with Crippen molar-refractivity contribution in [3.05, 3.63) is 93.9 Å². The predicted molar refractivity (Wildman–Crippen MR) is 157 cm³/mol. The molecule has 0 bridgehead atoms. The maximum Gasteiger partial charge on any atom is 0.174 e. The van der Waals surface area contributed by atoms with Crippen molar-refractivity contribution in [2.45, 2.75) is 17.1 Å². The van der Waals surface area contributed by atoms with Crippen LogP contribution < -0.4 is 0 Å². The van der Waals surface area contributed by atoms with Crippen molar-refractivity contribution >= 4 is 22.1 Å². The van der Waals surface area contributed by atoms with E-state index in [0.29, 0.717) is 23.6 Å². The van der Waals surface area contributed by atoms with Gasteiger partial charge < -0.3 is 29.5 Å². The fourth-order valence-electron chi connectivity index (χ4n) is 7.10. The highest BCUT2D eigenvalue weighted by Crippen LogP contribution is 2.70. The van der Waals surface area contributed by atoms with Crippen molar-refractivity contribution in [1.82, 2.24) is 9.80 Å². The monoisotopic (exact) mass is 595 g/mol. The number of fused-ring (bicyclic) bond motifs is 1. The van der Waals surface area contributed by atoms with Gasteiger partial charge in [-0.2, -0.15) is 0 Å². The van der Waals surface area contributed by atoms with Crippen LogP contribution in [0, 0.1) is 11.8 Å². The number of allylic oxidation sites excluding steroid dienone is 1. The lowest BCUT2D eigenvalue weighted by Gasteiger charge is -2.42. The summed E-state index contributed by atoms with van der Waals surface area (Å²) in [5.74, 6) is -0.279. The Morgan fingerprint density at radius 3 is 2.41 bits per heavy atom. The molecule has 5 atom stereocenters. The Labute approximate surface area is 239 Å². The number of halogens is 1. The zero-order valence-corrected chi connectivity index (χ0v) is 24.5. The van der Waals surface area contributed by atoms with Crippen LogP contribution in [0.4, 0.5) is 0 Å². The highest BCUT2D eigenvalue weighted by molar-refractivity contribution is 9.10. The molecule has 2 aliphatic heterocycles. The Morgan fingerprint density at radius 2 is 1.82 bits per heavy atom. The molecule has 3 fully saturated rings. The second kappa shape index (κ2) is 11.2. The van der Waals surface area contributed by atoms with E-state index in [1.54, 1.807) is 20.4 Å². The van der Waals surface area contributed by atoms with E-state index < -0.39 is 11.2 Å². The summed E-state index contributed by atoms with van der Waals surface area (Å²) in [6.45, 7) is 8.46. The summed E-state index contributed by atoms with van der Waals surface area (Å²) in [5, 5.41) is 24.5. The summed E-state index contributed by atoms with van der Waals surface area (Å²) < 4.78 is 13.6. The highest BCUT2D eigenvalue weighted by atomic mass is 79.9. The molecule has 2 aromatic carbocycles. The summed E-state index contributed by atoms with van der Waals surface area (Å²) >= 11 is 3.57. The van der Waals surface area contributed by atoms with Crippen molar-refractivity contribution in [2.75, 3.05) is 60.5 Å².